The molecule has 6 nitrogen and oxygen atoms in total. The Morgan fingerprint density at radius 3 is 1.44 bits per heavy atom. The Morgan fingerprint density at radius 1 is 0.656 bits per heavy atom. The van der Waals surface area contributed by atoms with Crippen molar-refractivity contribution < 1.29 is 38.1 Å². The first-order valence-electron chi connectivity index (χ1n) is 9.57. The molecule has 0 bridgehead atoms. The van der Waals surface area contributed by atoms with Gasteiger partial charge in [0.25, 0.3) is 0 Å². The van der Waals surface area contributed by atoms with Gasteiger partial charge in [-0.3, -0.25) is 4.79 Å². The first-order valence-corrected chi connectivity index (χ1v) is 10.8. The fraction of sp³-hybridized carbons (Fsp3) is 0.0400. The molecule has 4 aromatic rings. The molecule has 0 aliphatic carbocycles. The third-order valence-electron chi connectivity index (χ3n) is 4.43. The normalized spacial score (nSPS) is 10.8. The summed E-state index contributed by atoms with van der Waals surface area (Å²) in [6, 6.07) is 33.2. The topological polar surface area (TPSA) is 121 Å². The van der Waals surface area contributed by atoms with Crippen molar-refractivity contribution in [2.45, 2.75) is 6.42 Å². The zero-order valence-corrected chi connectivity index (χ0v) is 17.6. The van der Waals surface area contributed by atoms with Gasteiger partial charge in [0.15, 0.2) is 5.78 Å². The van der Waals surface area contributed by atoms with Gasteiger partial charge in [0, 0.05) is 24.1 Å². The van der Waals surface area contributed by atoms with Crippen LogP contribution in [0.25, 0.3) is 22.6 Å². The Morgan fingerprint density at radius 2 is 1.03 bits per heavy atom. The Hall–Kier alpha value is -3.39. The quantitative estimate of drug-likeness (QED) is 0.336. The molecule has 0 amide bonds. The number of Topliss-reactive ketones (excluding diaryl/α,β-unsaturated/α-hetero) is 1. The van der Waals surface area contributed by atoms with E-state index in [0.717, 1.165) is 33.8 Å². The van der Waals surface area contributed by atoms with E-state index in [9.17, 15) is 4.79 Å². The largest absolute Gasteiger partial charge is 0.361 e. The number of hydrogen-bond acceptors (Lipinski definition) is 5. The third-order valence-corrected chi connectivity index (χ3v) is 4.43. The van der Waals surface area contributed by atoms with Crippen molar-refractivity contribution in [2.24, 2.45) is 0 Å². The van der Waals surface area contributed by atoms with Crippen LogP contribution in [-0.4, -0.2) is 5.78 Å². The lowest BCUT2D eigenvalue weighted by Crippen LogP contribution is -2.68. The summed E-state index contributed by atoms with van der Waals surface area (Å²) in [7, 11) is -4.94. The van der Waals surface area contributed by atoms with E-state index in [1.165, 1.54) is 0 Å². The van der Waals surface area contributed by atoms with Gasteiger partial charge in [-0.25, -0.2) is 23.1 Å². The second kappa shape index (κ2) is 10.8. The molecular weight excluding hydrogens is 432 g/mol. The summed E-state index contributed by atoms with van der Waals surface area (Å²) in [4.78, 5) is 12.7. The van der Waals surface area contributed by atoms with Gasteiger partial charge < -0.3 is 0 Å². The van der Waals surface area contributed by atoms with Crippen LogP contribution in [0.1, 0.15) is 15.9 Å². The zero-order valence-electron chi connectivity index (χ0n) is 16.8. The van der Waals surface area contributed by atoms with Crippen LogP contribution in [0, 0.1) is 10.2 Å². The summed E-state index contributed by atoms with van der Waals surface area (Å²) in [6.45, 7) is 0. The van der Waals surface area contributed by atoms with Gasteiger partial charge >= 0.3 is 11.5 Å². The van der Waals surface area contributed by atoms with Gasteiger partial charge in [0.05, 0.1) is 11.1 Å². The Labute approximate surface area is 187 Å². The van der Waals surface area contributed by atoms with Crippen molar-refractivity contribution in [1.29, 1.82) is 0 Å². The SMILES string of the molecule is O=C(Cc1cc(-c2ccccc2)[o+]c(-c2ccccc2)c1)c1ccccc1.[O-][Cl+3]([O-])([O-])[O-]. The summed E-state index contributed by atoms with van der Waals surface area (Å²) in [5.74, 6) is 1.61. The molecule has 7 heteroatoms. The van der Waals surface area contributed by atoms with Crippen molar-refractivity contribution in [3.05, 3.63) is 114 Å². The molecule has 0 radical (unpaired) electrons. The van der Waals surface area contributed by atoms with E-state index in [4.69, 9.17) is 23.1 Å². The predicted molar refractivity (Wildman–Crippen MR) is 108 cm³/mol. The number of halogens is 1. The summed E-state index contributed by atoms with van der Waals surface area (Å²) in [6.07, 6.45) is 0.333. The number of hydrogen-bond donors (Lipinski definition) is 0. The van der Waals surface area contributed by atoms with Crippen LogP contribution in [0.15, 0.2) is 108 Å². The van der Waals surface area contributed by atoms with Gasteiger partial charge in [-0.15, -0.1) is 10.2 Å². The zero-order chi connectivity index (χ0) is 23.0. The van der Waals surface area contributed by atoms with E-state index >= 15 is 0 Å². The fourth-order valence-corrected chi connectivity index (χ4v) is 3.06. The molecule has 3 aromatic carbocycles. The monoisotopic (exact) mass is 450 g/mol. The maximum atomic E-state index is 12.7. The van der Waals surface area contributed by atoms with E-state index in [1.807, 2.05) is 103 Å². The minimum absolute atomic E-state index is 0.0971. The van der Waals surface area contributed by atoms with E-state index in [-0.39, 0.29) is 5.78 Å². The van der Waals surface area contributed by atoms with E-state index in [1.54, 1.807) is 0 Å². The van der Waals surface area contributed by atoms with Crippen LogP contribution in [0.4, 0.5) is 0 Å². The molecule has 0 spiro atoms. The van der Waals surface area contributed by atoms with Crippen molar-refractivity contribution in [3.8, 4) is 22.6 Å². The minimum atomic E-state index is -4.94. The number of carbonyl (C=O) groups is 1. The van der Waals surface area contributed by atoms with Crippen LogP contribution in [0.5, 0.6) is 0 Å². The second-order valence-electron chi connectivity index (χ2n) is 6.77. The lowest BCUT2D eigenvalue weighted by molar-refractivity contribution is -2.00. The highest BCUT2D eigenvalue weighted by Crippen LogP contribution is 2.29. The number of benzene rings is 3. The highest BCUT2D eigenvalue weighted by atomic mass is 35.7. The van der Waals surface area contributed by atoms with Gasteiger partial charge in [-0.1, -0.05) is 66.7 Å². The smallest absolute Gasteiger partial charge is 0.294 e. The molecule has 0 atom stereocenters. The van der Waals surface area contributed by atoms with Crippen LogP contribution in [0.3, 0.4) is 0 Å². The molecule has 1 aromatic heterocycles. The van der Waals surface area contributed by atoms with Crippen LogP contribution in [-0.2, 0) is 6.42 Å². The molecule has 1 heterocycles. The molecule has 0 unspecified atom stereocenters. The molecule has 162 valence electrons. The molecule has 4 rings (SSSR count). The van der Waals surface area contributed by atoms with Crippen molar-refractivity contribution in [3.63, 3.8) is 0 Å². The van der Waals surface area contributed by atoms with E-state index in [0.29, 0.717) is 6.42 Å². The summed E-state index contributed by atoms with van der Waals surface area (Å²) < 4.78 is 40.1. The summed E-state index contributed by atoms with van der Waals surface area (Å²) in [5.41, 5.74) is 3.64. The average molecular weight is 451 g/mol. The van der Waals surface area contributed by atoms with Crippen LogP contribution >= 0.6 is 0 Å². The average Bonchev–Trinajstić information content (AvgIpc) is 2.79. The fourth-order valence-electron chi connectivity index (χ4n) is 3.06. The highest BCUT2D eigenvalue weighted by Gasteiger charge is 2.21. The Bertz CT molecular complexity index is 1080. The van der Waals surface area contributed by atoms with Crippen molar-refractivity contribution in [1.82, 2.24) is 0 Å². The second-order valence-corrected chi connectivity index (χ2v) is 7.53. The molecule has 0 saturated carbocycles. The van der Waals surface area contributed by atoms with Gasteiger partial charge in [-0.05, 0) is 29.8 Å². The summed E-state index contributed by atoms with van der Waals surface area (Å²) >= 11 is 0. The van der Waals surface area contributed by atoms with Gasteiger partial charge in [0.2, 0.25) is 0 Å². The number of rotatable bonds is 5. The van der Waals surface area contributed by atoms with Gasteiger partial charge in [-0.2, -0.15) is 0 Å². The molecule has 0 fully saturated rings. The Kier molecular flexibility index (Phi) is 7.83. The van der Waals surface area contributed by atoms with Crippen LogP contribution in [0.2, 0.25) is 0 Å². The maximum Gasteiger partial charge on any atom is 0.361 e. The minimum Gasteiger partial charge on any atom is -0.294 e. The lowest BCUT2D eigenvalue weighted by Gasteiger charge is -2.17. The van der Waals surface area contributed by atoms with Crippen LogP contribution < -0.4 is 18.6 Å². The maximum absolute atomic E-state index is 12.7. The van der Waals surface area contributed by atoms with E-state index in [2.05, 4.69) is 0 Å². The standard InChI is InChI=1S/C25H19O2.ClHO4/c26-23(20-10-4-1-5-11-20)16-19-17-24(21-12-6-2-7-13-21)27-25(18-19)22-14-8-3-9-15-22;2-1(3,4)5/h1-15,17-18H,16H2;(H,2,3,4,5)/q+1;/p-1. The molecule has 0 aliphatic heterocycles. The van der Waals surface area contributed by atoms with Gasteiger partial charge in [0.1, 0.15) is 0 Å². The van der Waals surface area contributed by atoms with Crippen molar-refractivity contribution in [2.75, 3.05) is 0 Å². The third kappa shape index (κ3) is 7.39. The molecular formula is C25H19ClO6. The number of carbonyl (C=O) groups excluding carboxylic acids is 1. The Balaban J connectivity index is 0.000000523. The lowest BCUT2D eigenvalue weighted by atomic mass is 10.0. The highest BCUT2D eigenvalue weighted by molar-refractivity contribution is 5.97. The van der Waals surface area contributed by atoms with E-state index < -0.39 is 10.2 Å². The predicted octanol–water partition coefficient (Wildman–Crippen LogP) is 1.56. The summed E-state index contributed by atoms with van der Waals surface area (Å²) in [5, 5.41) is 0. The molecule has 0 aliphatic rings. The first kappa shape index (κ1) is 23.3. The molecule has 0 N–H and O–H groups in total. The molecule has 32 heavy (non-hydrogen) atoms. The van der Waals surface area contributed by atoms with Crippen molar-refractivity contribution >= 4 is 5.78 Å². The first-order chi connectivity index (χ1) is 15.3. The molecule has 0 saturated heterocycles. The number of ketones is 1.